The van der Waals surface area contributed by atoms with Crippen LogP contribution in [0.5, 0.6) is 11.5 Å². The van der Waals surface area contributed by atoms with Gasteiger partial charge in [0, 0.05) is 49.9 Å². The van der Waals surface area contributed by atoms with Crippen molar-refractivity contribution in [3.8, 4) is 22.1 Å². The van der Waals surface area contributed by atoms with Gasteiger partial charge in [0.05, 0.1) is 34.8 Å². The fraction of sp³-hybridized carbons (Fsp3) is 0.194. The minimum absolute atomic E-state index is 0.0182. The molecule has 0 unspecified atom stereocenters. The van der Waals surface area contributed by atoms with E-state index in [9.17, 15) is 9.59 Å². The summed E-state index contributed by atoms with van der Waals surface area (Å²) in [4.78, 5) is 33.5. The molecule has 1 fully saturated rings. The number of nitrogens with one attached hydrogen (secondary N) is 2. The molecule has 4 heterocycles. The second-order valence-corrected chi connectivity index (χ2v) is 10.7. The van der Waals surface area contributed by atoms with Crippen LogP contribution in [0.4, 0.5) is 25.4 Å². The third-order valence-electron chi connectivity index (χ3n) is 6.79. The molecule has 12 heteroatoms. The van der Waals surface area contributed by atoms with Gasteiger partial charge in [-0.1, -0.05) is 18.2 Å². The van der Waals surface area contributed by atoms with Crippen LogP contribution >= 0.6 is 11.3 Å². The van der Waals surface area contributed by atoms with Crippen LogP contribution in [0.2, 0.25) is 0 Å². The average Bonchev–Trinajstić information content (AvgIpc) is 3.76. The zero-order valence-corrected chi connectivity index (χ0v) is 24.0. The van der Waals surface area contributed by atoms with Crippen molar-refractivity contribution in [2.45, 2.75) is 6.54 Å². The molecular formula is C31H28FN5O5S. The van der Waals surface area contributed by atoms with Crippen LogP contribution in [0.1, 0.15) is 5.76 Å². The van der Waals surface area contributed by atoms with Gasteiger partial charge in [-0.05, 0) is 42.5 Å². The number of carbonyl (C=O) groups excluding carboxylic acids is 2. The fourth-order valence-electron chi connectivity index (χ4n) is 4.65. The molecule has 0 aliphatic carbocycles. The Kier molecular flexibility index (Phi) is 8.31. The molecule has 6 rings (SSSR count). The third-order valence-corrected chi connectivity index (χ3v) is 7.94. The number of benzene rings is 2. The summed E-state index contributed by atoms with van der Waals surface area (Å²) >= 11 is 1.43. The number of amides is 4. The lowest BCUT2D eigenvalue weighted by Gasteiger charge is -2.18. The zero-order chi connectivity index (χ0) is 29.8. The second kappa shape index (κ2) is 12.6. The summed E-state index contributed by atoms with van der Waals surface area (Å²) in [7, 11) is 1.66. The van der Waals surface area contributed by atoms with Crippen LogP contribution in [0.25, 0.3) is 20.9 Å². The number of para-hydroxylation sites is 1. The monoisotopic (exact) mass is 601 g/mol. The number of thiophene rings is 1. The van der Waals surface area contributed by atoms with Crippen LogP contribution in [-0.2, 0) is 11.3 Å². The van der Waals surface area contributed by atoms with Gasteiger partial charge in [-0.25, -0.2) is 18.9 Å². The summed E-state index contributed by atoms with van der Waals surface area (Å²) in [6.07, 6.45) is 1.60. The lowest BCUT2D eigenvalue weighted by Crippen LogP contribution is -2.39. The number of ether oxygens (including phenoxy) is 2. The molecule has 2 N–H and O–H groups in total. The number of hydrogen-bond acceptors (Lipinski definition) is 8. The fourth-order valence-corrected chi connectivity index (χ4v) is 5.68. The van der Waals surface area contributed by atoms with Gasteiger partial charge in [-0.2, -0.15) is 0 Å². The molecule has 3 aromatic heterocycles. The highest BCUT2D eigenvalue weighted by atomic mass is 32.1. The molecule has 4 amide bonds. The lowest BCUT2D eigenvalue weighted by molar-refractivity contribution is 0.198. The number of furan rings is 1. The molecule has 1 aliphatic rings. The van der Waals surface area contributed by atoms with Crippen molar-refractivity contribution in [3.63, 3.8) is 0 Å². The maximum Gasteiger partial charge on any atom is 0.332 e. The standard InChI is InChI=1S/C31H28FN5O5S/c1-40-16-13-33-19-22-8-10-26(41-22)28-18-24-29(43-28)27(11-12-34-24)42-25-9-7-20(17-23(25)32)35-30(38)37-15-14-36(31(37)39)21-5-3-2-4-6-21/h2-12,17-18,33H,13-16,19H2,1H3,(H,35,38). The molecule has 0 bridgehead atoms. The summed E-state index contributed by atoms with van der Waals surface area (Å²) < 4.78 is 32.9. The summed E-state index contributed by atoms with van der Waals surface area (Å²) in [5.74, 6) is 1.25. The topological polar surface area (TPSA) is 109 Å². The molecule has 1 saturated heterocycles. The number of urea groups is 2. The zero-order valence-electron chi connectivity index (χ0n) is 23.2. The first-order chi connectivity index (χ1) is 21.0. The van der Waals surface area contributed by atoms with Gasteiger partial charge in [0.2, 0.25) is 0 Å². The van der Waals surface area contributed by atoms with E-state index in [0.29, 0.717) is 42.4 Å². The van der Waals surface area contributed by atoms with E-state index in [1.165, 1.54) is 28.4 Å². The van der Waals surface area contributed by atoms with Gasteiger partial charge in [0.25, 0.3) is 0 Å². The van der Waals surface area contributed by atoms with Crippen LogP contribution in [-0.4, -0.2) is 55.3 Å². The number of rotatable bonds is 10. The summed E-state index contributed by atoms with van der Waals surface area (Å²) in [5.41, 5.74) is 1.60. The van der Waals surface area contributed by atoms with Gasteiger partial charge in [-0.15, -0.1) is 11.3 Å². The van der Waals surface area contributed by atoms with Gasteiger partial charge in [0.1, 0.15) is 17.3 Å². The van der Waals surface area contributed by atoms with E-state index in [-0.39, 0.29) is 18.0 Å². The quantitative estimate of drug-likeness (QED) is 0.172. The van der Waals surface area contributed by atoms with Crippen molar-refractivity contribution in [2.75, 3.05) is 43.6 Å². The van der Waals surface area contributed by atoms with E-state index in [1.807, 2.05) is 36.4 Å². The van der Waals surface area contributed by atoms with Gasteiger partial charge >= 0.3 is 12.1 Å². The molecule has 0 atom stereocenters. The Bertz CT molecular complexity index is 1760. The highest BCUT2D eigenvalue weighted by molar-refractivity contribution is 7.22. The van der Waals surface area contributed by atoms with E-state index in [1.54, 1.807) is 31.5 Å². The highest BCUT2D eigenvalue weighted by Gasteiger charge is 2.34. The predicted octanol–water partition coefficient (Wildman–Crippen LogP) is 6.70. The molecule has 5 aromatic rings. The Labute approximate surface area is 250 Å². The molecule has 0 spiro atoms. The minimum atomic E-state index is -0.671. The molecule has 0 radical (unpaired) electrons. The molecule has 43 heavy (non-hydrogen) atoms. The van der Waals surface area contributed by atoms with E-state index < -0.39 is 17.9 Å². The highest BCUT2D eigenvalue weighted by Crippen LogP contribution is 2.40. The van der Waals surface area contributed by atoms with Crippen molar-refractivity contribution in [1.29, 1.82) is 0 Å². The number of halogens is 1. The van der Waals surface area contributed by atoms with Crippen molar-refractivity contribution in [1.82, 2.24) is 15.2 Å². The summed E-state index contributed by atoms with van der Waals surface area (Å²) in [6, 6.07) is 19.5. The molecule has 220 valence electrons. The van der Waals surface area contributed by atoms with Gasteiger partial charge in [-0.3, -0.25) is 9.88 Å². The maximum absolute atomic E-state index is 15.1. The number of anilines is 2. The van der Waals surface area contributed by atoms with Gasteiger partial charge in [0.15, 0.2) is 11.6 Å². The van der Waals surface area contributed by atoms with Crippen molar-refractivity contribution < 1.29 is 27.9 Å². The van der Waals surface area contributed by atoms with E-state index >= 15 is 4.39 Å². The number of pyridine rings is 1. The smallest absolute Gasteiger partial charge is 0.332 e. The molecule has 10 nitrogen and oxygen atoms in total. The summed E-state index contributed by atoms with van der Waals surface area (Å²) in [5, 5.41) is 5.85. The maximum atomic E-state index is 15.1. The molecule has 1 aliphatic heterocycles. The van der Waals surface area contributed by atoms with E-state index in [0.717, 1.165) is 32.8 Å². The van der Waals surface area contributed by atoms with E-state index in [4.69, 9.17) is 13.9 Å². The predicted molar refractivity (Wildman–Crippen MR) is 162 cm³/mol. The largest absolute Gasteiger partial charge is 0.459 e. The average molecular weight is 602 g/mol. The Balaban J connectivity index is 1.12. The van der Waals surface area contributed by atoms with E-state index in [2.05, 4.69) is 15.6 Å². The Hall–Kier alpha value is -4.78. The number of aromatic nitrogens is 1. The number of nitrogens with zero attached hydrogens (tertiary/aromatic N) is 3. The Morgan fingerprint density at radius 1 is 1.07 bits per heavy atom. The molecule has 2 aromatic carbocycles. The third kappa shape index (κ3) is 6.21. The van der Waals surface area contributed by atoms with Gasteiger partial charge < -0.3 is 24.5 Å². The number of imide groups is 1. The van der Waals surface area contributed by atoms with Crippen molar-refractivity contribution >= 4 is 45.0 Å². The molecular weight excluding hydrogens is 573 g/mol. The normalized spacial score (nSPS) is 13.2. The lowest BCUT2D eigenvalue weighted by atomic mass is 10.3. The first kappa shape index (κ1) is 28.3. The Morgan fingerprint density at radius 2 is 1.93 bits per heavy atom. The summed E-state index contributed by atoms with van der Waals surface area (Å²) in [6.45, 7) is 2.50. The Morgan fingerprint density at radius 3 is 2.74 bits per heavy atom. The van der Waals surface area contributed by atoms with Crippen molar-refractivity contribution in [3.05, 3.63) is 90.6 Å². The number of carbonyl (C=O) groups is 2. The number of hydrogen-bond donors (Lipinski definition) is 2. The minimum Gasteiger partial charge on any atom is -0.459 e. The molecule has 0 saturated carbocycles. The van der Waals surface area contributed by atoms with Crippen LogP contribution < -0.4 is 20.3 Å². The van der Waals surface area contributed by atoms with Crippen molar-refractivity contribution in [2.24, 2.45) is 0 Å². The first-order valence-electron chi connectivity index (χ1n) is 13.6. The number of methoxy groups -OCH3 is 1. The van der Waals surface area contributed by atoms with Crippen LogP contribution in [0, 0.1) is 5.82 Å². The second-order valence-electron chi connectivity index (χ2n) is 9.67. The SMILES string of the molecule is COCCNCc1ccc(-c2cc3nccc(Oc4ccc(NC(=O)N5CCN(c6ccccc6)C5=O)cc4F)c3s2)o1. The van der Waals surface area contributed by atoms with Crippen LogP contribution in [0.15, 0.2) is 83.4 Å². The number of fused-ring (bicyclic) bond motifs is 1. The first-order valence-corrected chi connectivity index (χ1v) is 14.4. The van der Waals surface area contributed by atoms with Crippen LogP contribution in [0.3, 0.4) is 0 Å².